The van der Waals surface area contributed by atoms with E-state index < -0.39 is 23.2 Å². The molecule has 0 spiro atoms. The maximum absolute atomic E-state index is 2.38. The van der Waals surface area contributed by atoms with Crippen LogP contribution in [0, 0.1) is 10.8 Å². The number of hydrogen-bond donors (Lipinski definition) is 0. The van der Waals surface area contributed by atoms with Gasteiger partial charge in [-0.05, 0) is 0 Å². The quantitative estimate of drug-likeness (QED) is 0.597. The fourth-order valence-corrected chi connectivity index (χ4v) is 7.73. The molecule has 0 nitrogen and oxygen atoms in total. The van der Waals surface area contributed by atoms with Crippen LogP contribution >= 0.6 is 0 Å². The molecule has 0 heterocycles. The summed E-state index contributed by atoms with van der Waals surface area (Å²) in [4.78, 5) is 0. The third kappa shape index (κ3) is 3.49. The SMILES string of the molecule is CC(C)(C)C1=[C]([Zr][C]2=C(C(C)(C)C)C=CC2)CC=C1.[H-].[H-]. The number of hydrogen-bond acceptors (Lipinski definition) is 0. The molecular formula is C18H28Zr-2. The Labute approximate surface area is 133 Å². The van der Waals surface area contributed by atoms with E-state index in [1.54, 1.807) is 17.7 Å². The Bertz CT molecular complexity index is 448. The van der Waals surface area contributed by atoms with E-state index in [-0.39, 0.29) is 2.85 Å². The molecule has 0 radical (unpaired) electrons. The van der Waals surface area contributed by atoms with E-state index in [0.29, 0.717) is 10.8 Å². The van der Waals surface area contributed by atoms with Gasteiger partial charge in [0.1, 0.15) is 0 Å². The van der Waals surface area contributed by atoms with Gasteiger partial charge >= 0.3 is 130 Å². The first-order valence-electron chi connectivity index (χ1n) is 7.27. The zero-order chi connectivity index (χ0) is 14.3. The van der Waals surface area contributed by atoms with Crippen molar-refractivity contribution in [3.05, 3.63) is 42.0 Å². The molecule has 0 N–H and O–H groups in total. The van der Waals surface area contributed by atoms with Crippen molar-refractivity contribution < 1.29 is 26.1 Å². The van der Waals surface area contributed by atoms with Gasteiger partial charge in [0.25, 0.3) is 0 Å². The van der Waals surface area contributed by atoms with Crippen LogP contribution in [-0.4, -0.2) is 0 Å². The summed E-state index contributed by atoms with van der Waals surface area (Å²) in [5.41, 5.74) is 3.90. The van der Waals surface area contributed by atoms with Gasteiger partial charge in [-0.3, -0.25) is 0 Å². The molecule has 0 amide bonds. The standard InChI is InChI=1S/2C9H13.Zr.2H/c2*1-9(2,3)8-6-4-5-7-8;;;/h2*4,6H,5H2,1-3H3;;;/q;;;2*-1. The minimum Gasteiger partial charge on any atom is -1.00 e. The van der Waals surface area contributed by atoms with E-state index in [4.69, 9.17) is 0 Å². The fraction of sp³-hybridized carbons (Fsp3) is 0.556. The summed E-state index contributed by atoms with van der Waals surface area (Å²) in [5.74, 6) is 0. The largest absolute Gasteiger partial charge is 1.00 e. The van der Waals surface area contributed by atoms with E-state index in [0.717, 1.165) is 0 Å². The molecule has 1 heteroatoms. The molecule has 0 aromatic heterocycles. The van der Waals surface area contributed by atoms with E-state index in [1.807, 2.05) is 0 Å². The Morgan fingerprint density at radius 1 is 0.789 bits per heavy atom. The molecule has 2 aliphatic carbocycles. The molecule has 19 heavy (non-hydrogen) atoms. The summed E-state index contributed by atoms with van der Waals surface area (Å²) < 4.78 is 3.60. The van der Waals surface area contributed by atoms with Crippen LogP contribution in [0.15, 0.2) is 42.0 Å². The second kappa shape index (κ2) is 5.32. The Hall–Kier alpha value is -0.157. The first-order chi connectivity index (χ1) is 8.69. The van der Waals surface area contributed by atoms with Crippen LogP contribution in [0.4, 0.5) is 0 Å². The first-order valence-corrected chi connectivity index (χ1v) is 9.73. The van der Waals surface area contributed by atoms with Crippen molar-refractivity contribution in [2.75, 3.05) is 0 Å². The average molecular weight is 336 g/mol. The van der Waals surface area contributed by atoms with E-state index in [2.05, 4.69) is 65.8 Å². The van der Waals surface area contributed by atoms with Crippen LogP contribution in [0.5, 0.6) is 0 Å². The van der Waals surface area contributed by atoms with Crippen LogP contribution in [0.1, 0.15) is 57.2 Å². The summed E-state index contributed by atoms with van der Waals surface area (Å²) in [6, 6.07) is 0. The number of allylic oxidation sites excluding steroid dienone is 8. The molecule has 2 rings (SSSR count). The zero-order valence-corrected chi connectivity index (χ0v) is 15.7. The summed E-state index contributed by atoms with van der Waals surface area (Å²) >= 11 is -0.575. The molecule has 0 atom stereocenters. The molecule has 0 saturated carbocycles. The maximum Gasteiger partial charge on any atom is -1.00 e. The van der Waals surface area contributed by atoms with Gasteiger partial charge in [-0.15, -0.1) is 0 Å². The predicted molar refractivity (Wildman–Crippen MR) is 82.7 cm³/mol. The molecule has 2 aliphatic rings. The maximum atomic E-state index is 2.38. The summed E-state index contributed by atoms with van der Waals surface area (Å²) in [7, 11) is 0. The van der Waals surface area contributed by atoms with Crippen molar-refractivity contribution >= 4 is 0 Å². The molecule has 0 unspecified atom stereocenters. The van der Waals surface area contributed by atoms with Gasteiger partial charge < -0.3 is 2.85 Å². The van der Waals surface area contributed by atoms with Gasteiger partial charge in [-0.2, -0.15) is 0 Å². The summed E-state index contributed by atoms with van der Waals surface area (Å²) in [6.07, 6.45) is 12.0. The molecular weight excluding hydrogens is 307 g/mol. The van der Waals surface area contributed by atoms with Crippen molar-refractivity contribution in [1.82, 2.24) is 0 Å². The van der Waals surface area contributed by atoms with Gasteiger partial charge in [0.05, 0.1) is 0 Å². The Morgan fingerprint density at radius 3 is 1.47 bits per heavy atom. The Balaban J connectivity index is 0.00000200. The Kier molecular flexibility index (Phi) is 4.27. The van der Waals surface area contributed by atoms with Crippen LogP contribution in [0.2, 0.25) is 0 Å². The van der Waals surface area contributed by atoms with E-state index in [9.17, 15) is 0 Å². The van der Waals surface area contributed by atoms with Crippen molar-refractivity contribution in [2.45, 2.75) is 54.4 Å². The minimum atomic E-state index is -0.575. The van der Waals surface area contributed by atoms with Gasteiger partial charge in [0.2, 0.25) is 0 Å². The van der Waals surface area contributed by atoms with Crippen LogP contribution < -0.4 is 0 Å². The summed E-state index contributed by atoms with van der Waals surface area (Å²) in [5, 5.41) is 0. The number of rotatable bonds is 2. The average Bonchev–Trinajstić information content (AvgIpc) is 2.83. The summed E-state index contributed by atoms with van der Waals surface area (Å²) in [6.45, 7) is 14.1. The van der Waals surface area contributed by atoms with Crippen LogP contribution in [-0.2, 0) is 23.2 Å². The normalized spacial score (nSPS) is 19.9. The molecule has 0 aromatic carbocycles. The predicted octanol–water partition coefficient (Wildman–Crippen LogP) is 5.81. The van der Waals surface area contributed by atoms with E-state index >= 15 is 0 Å². The second-order valence-corrected chi connectivity index (χ2v) is 11.2. The topological polar surface area (TPSA) is 0 Å². The molecule has 0 saturated heterocycles. The van der Waals surface area contributed by atoms with Crippen LogP contribution in [0.3, 0.4) is 0 Å². The van der Waals surface area contributed by atoms with Crippen molar-refractivity contribution in [3.63, 3.8) is 0 Å². The fourth-order valence-electron chi connectivity index (χ4n) is 2.83. The van der Waals surface area contributed by atoms with Crippen molar-refractivity contribution in [3.8, 4) is 0 Å². The zero-order valence-electron chi connectivity index (χ0n) is 15.2. The smallest absolute Gasteiger partial charge is 1.00 e. The Morgan fingerprint density at radius 2 is 1.16 bits per heavy atom. The first kappa shape index (κ1) is 15.2. The van der Waals surface area contributed by atoms with Crippen molar-refractivity contribution in [2.24, 2.45) is 10.8 Å². The van der Waals surface area contributed by atoms with Gasteiger partial charge in [-0.1, -0.05) is 0 Å². The third-order valence-electron chi connectivity index (χ3n) is 3.78. The molecule has 106 valence electrons. The van der Waals surface area contributed by atoms with E-state index in [1.165, 1.54) is 12.8 Å². The van der Waals surface area contributed by atoms with Crippen molar-refractivity contribution in [1.29, 1.82) is 0 Å². The third-order valence-corrected chi connectivity index (χ3v) is 7.59. The van der Waals surface area contributed by atoms with Gasteiger partial charge in [0, 0.05) is 0 Å². The van der Waals surface area contributed by atoms with Gasteiger partial charge in [0.15, 0.2) is 0 Å². The molecule has 0 aliphatic heterocycles. The van der Waals surface area contributed by atoms with Crippen LogP contribution in [0.25, 0.3) is 0 Å². The minimum absolute atomic E-state index is 0. The van der Waals surface area contributed by atoms with Gasteiger partial charge in [-0.25, -0.2) is 0 Å². The monoisotopic (exact) mass is 334 g/mol. The molecule has 0 aromatic rings. The molecule has 0 bridgehead atoms. The second-order valence-electron chi connectivity index (χ2n) is 7.62. The molecule has 0 fully saturated rings.